The van der Waals surface area contributed by atoms with Gasteiger partial charge >= 0.3 is 0 Å². The van der Waals surface area contributed by atoms with Gasteiger partial charge in [-0.3, -0.25) is 14.2 Å². The van der Waals surface area contributed by atoms with E-state index in [1.807, 2.05) is 37.3 Å². The number of fused-ring (bicyclic) bond motifs is 1. The number of benzene rings is 2. The fourth-order valence-electron chi connectivity index (χ4n) is 2.56. The average Bonchev–Trinajstić information content (AvgIpc) is 2.58. The highest BCUT2D eigenvalue weighted by Gasteiger charge is 2.13. The van der Waals surface area contributed by atoms with Gasteiger partial charge in [0.25, 0.3) is 5.56 Å². The smallest absolute Gasteiger partial charge is 0.261 e. The molecule has 6 heteroatoms. The number of hydrogen-bond acceptors (Lipinski definition) is 3. The van der Waals surface area contributed by atoms with E-state index >= 15 is 0 Å². The third-order valence-electron chi connectivity index (χ3n) is 3.79. The molecule has 0 aliphatic rings. The normalized spacial score (nSPS) is 12.1. The second-order valence-electron chi connectivity index (χ2n) is 5.51. The molecular weight excluding hydrogens is 370 g/mol. The lowest BCUT2D eigenvalue weighted by Crippen LogP contribution is -2.34. The summed E-state index contributed by atoms with van der Waals surface area (Å²) >= 11 is 3.48. The molecule has 2 aromatic carbocycles. The molecule has 122 valence electrons. The lowest BCUT2D eigenvalue weighted by atomic mass is 10.1. The minimum Gasteiger partial charge on any atom is -0.348 e. The maximum Gasteiger partial charge on any atom is 0.261 e. The molecule has 3 rings (SSSR count). The summed E-state index contributed by atoms with van der Waals surface area (Å²) in [6, 6.07) is 14.6. The highest BCUT2D eigenvalue weighted by atomic mass is 79.9. The van der Waals surface area contributed by atoms with Crippen LogP contribution in [0.15, 0.2) is 64.1 Å². The number of carbonyl (C=O) groups excluding carboxylic acids is 1. The Morgan fingerprint density at radius 1 is 1.21 bits per heavy atom. The lowest BCUT2D eigenvalue weighted by Gasteiger charge is -2.16. The quantitative estimate of drug-likeness (QED) is 0.750. The zero-order valence-electron chi connectivity index (χ0n) is 13.1. The highest BCUT2D eigenvalue weighted by molar-refractivity contribution is 9.10. The number of nitrogens with one attached hydrogen (secondary N) is 1. The first-order chi connectivity index (χ1) is 11.6. The summed E-state index contributed by atoms with van der Waals surface area (Å²) < 4.78 is 2.26. The van der Waals surface area contributed by atoms with Gasteiger partial charge in [0.2, 0.25) is 5.91 Å². The maximum absolute atomic E-state index is 12.4. The van der Waals surface area contributed by atoms with Crippen molar-refractivity contribution < 1.29 is 4.79 Å². The Morgan fingerprint density at radius 2 is 1.92 bits per heavy atom. The number of para-hydroxylation sites is 1. The van der Waals surface area contributed by atoms with Crippen LogP contribution < -0.4 is 10.9 Å². The molecule has 5 nitrogen and oxygen atoms in total. The van der Waals surface area contributed by atoms with Gasteiger partial charge in [0.15, 0.2) is 0 Å². The van der Waals surface area contributed by atoms with Gasteiger partial charge in [0, 0.05) is 4.47 Å². The molecule has 1 aromatic heterocycles. The molecule has 0 spiro atoms. The molecule has 24 heavy (non-hydrogen) atoms. The van der Waals surface area contributed by atoms with Crippen molar-refractivity contribution >= 4 is 32.7 Å². The third-order valence-corrected chi connectivity index (χ3v) is 4.52. The van der Waals surface area contributed by atoms with E-state index in [9.17, 15) is 9.59 Å². The first-order valence-electron chi connectivity index (χ1n) is 7.54. The fourth-order valence-corrected chi connectivity index (χ4v) is 3.19. The summed E-state index contributed by atoms with van der Waals surface area (Å²) in [5.41, 5.74) is 1.39. The molecule has 1 amide bonds. The number of aromatic nitrogens is 2. The predicted octanol–water partition coefficient (Wildman–Crippen LogP) is 3.04. The van der Waals surface area contributed by atoms with Crippen LogP contribution in [-0.2, 0) is 11.3 Å². The van der Waals surface area contributed by atoms with Crippen LogP contribution in [0.25, 0.3) is 10.9 Å². The molecule has 0 radical (unpaired) electrons. The Bertz CT molecular complexity index is 952. The molecule has 0 unspecified atom stereocenters. The second-order valence-corrected chi connectivity index (χ2v) is 6.36. The van der Waals surface area contributed by atoms with Crippen molar-refractivity contribution in [2.75, 3.05) is 0 Å². The van der Waals surface area contributed by atoms with E-state index in [0.29, 0.717) is 10.9 Å². The van der Waals surface area contributed by atoms with Crippen molar-refractivity contribution in [1.82, 2.24) is 14.9 Å². The van der Waals surface area contributed by atoms with Crippen LogP contribution >= 0.6 is 15.9 Å². The first kappa shape index (κ1) is 16.4. The summed E-state index contributed by atoms with van der Waals surface area (Å²) in [5, 5.41) is 3.41. The van der Waals surface area contributed by atoms with Gasteiger partial charge in [-0.05, 0) is 30.7 Å². The number of rotatable bonds is 4. The van der Waals surface area contributed by atoms with Crippen molar-refractivity contribution in [1.29, 1.82) is 0 Å². The van der Waals surface area contributed by atoms with E-state index in [1.165, 1.54) is 10.9 Å². The highest BCUT2D eigenvalue weighted by Crippen LogP contribution is 2.22. The van der Waals surface area contributed by atoms with Gasteiger partial charge in [-0.15, -0.1) is 0 Å². The monoisotopic (exact) mass is 385 g/mol. The second kappa shape index (κ2) is 6.97. The standard InChI is InChI=1S/C18H16BrN3O2/c1-12(13-6-2-4-8-15(13)19)21-17(23)10-22-11-20-16-9-5-3-7-14(16)18(22)24/h2-9,11-12H,10H2,1H3,(H,21,23)/t12-/m0/s1. The van der Waals surface area contributed by atoms with Gasteiger partial charge < -0.3 is 5.32 Å². The van der Waals surface area contributed by atoms with Gasteiger partial charge in [-0.1, -0.05) is 46.3 Å². The van der Waals surface area contributed by atoms with E-state index in [4.69, 9.17) is 0 Å². The molecule has 0 aliphatic heterocycles. The minimum atomic E-state index is -0.238. The number of nitrogens with zero attached hydrogens (tertiary/aromatic N) is 2. The molecule has 0 fully saturated rings. The van der Waals surface area contributed by atoms with E-state index in [0.717, 1.165) is 10.0 Å². The van der Waals surface area contributed by atoms with E-state index in [2.05, 4.69) is 26.2 Å². The van der Waals surface area contributed by atoms with Crippen LogP contribution in [0.5, 0.6) is 0 Å². The molecule has 0 saturated heterocycles. The van der Waals surface area contributed by atoms with Crippen LogP contribution in [0.1, 0.15) is 18.5 Å². The van der Waals surface area contributed by atoms with E-state index in [-0.39, 0.29) is 24.1 Å². The zero-order chi connectivity index (χ0) is 17.1. The Balaban J connectivity index is 1.77. The largest absolute Gasteiger partial charge is 0.348 e. The van der Waals surface area contributed by atoms with Gasteiger partial charge in [-0.2, -0.15) is 0 Å². The van der Waals surface area contributed by atoms with Crippen molar-refractivity contribution in [3.63, 3.8) is 0 Å². The van der Waals surface area contributed by atoms with Crippen LogP contribution in [-0.4, -0.2) is 15.5 Å². The average molecular weight is 386 g/mol. The van der Waals surface area contributed by atoms with Crippen molar-refractivity contribution in [2.45, 2.75) is 19.5 Å². The summed E-state index contributed by atoms with van der Waals surface area (Å²) in [5.74, 6) is -0.238. The summed E-state index contributed by atoms with van der Waals surface area (Å²) in [7, 11) is 0. The molecule has 0 aliphatic carbocycles. The van der Waals surface area contributed by atoms with Gasteiger partial charge in [-0.25, -0.2) is 4.98 Å². The van der Waals surface area contributed by atoms with Crippen molar-refractivity contribution in [3.8, 4) is 0 Å². The molecule has 1 N–H and O–H groups in total. The lowest BCUT2D eigenvalue weighted by molar-refractivity contribution is -0.122. The Kier molecular flexibility index (Phi) is 4.76. The molecule has 0 saturated carbocycles. The van der Waals surface area contributed by atoms with Crippen LogP contribution in [0.2, 0.25) is 0 Å². The number of amides is 1. The molecule has 0 bridgehead atoms. The molecule has 1 heterocycles. The topological polar surface area (TPSA) is 64.0 Å². The Hall–Kier alpha value is -2.47. The fraction of sp³-hybridized carbons (Fsp3) is 0.167. The minimum absolute atomic E-state index is 0.0640. The number of carbonyl (C=O) groups is 1. The first-order valence-corrected chi connectivity index (χ1v) is 8.33. The molecule has 1 atom stereocenters. The van der Waals surface area contributed by atoms with Crippen LogP contribution in [0.4, 0.5) is 0 Å². The van der Waals surface area contributed by atoms with Gasteiger partial charge in [0.1, 0.15) is 6.54 Å². The molecular formula is C18H16BrN3O2. The summed E-state index contributed by atoms with van der Waals surface area (Å²) in [6.07, 6.45) is 1.41. The Labute approximate surface area is 147 Å². The van der Waals surface area contributed by atoms with Crippen molar-refractivity contribution in [3.05, 3.63) is 75.2 Å². The van der Waals surface area contributed by atoms with Gasteiger partial charge in [0.05, 0.1) is 23.3 Å². The molecule has 3 aromatic rings. The number of halogens is 1. The maximum atomic E-state index is 12.4. The summed E-state index contributed by atoms with van der Waals surface area (Å²) in [6.45, 7) is 1.84. The van der Waals surface area contributed by atoms with Crippen molar-refractivity contribution in [2.24, 2.45) is 0 Å². The third kappa shape index (κ3) is 3.38. The SMILES string of the molecule is C[C@H](NC(=O)Cn1cnc2ccccc2c1=O)c1ccccc1Br. The number of hydrogen-bond donors (Lipinski definition) is 1. The van der Waals surface area contributed by atoms with Crippen LogP contribution in [0, 0.1) is 0 Å². The summed E-state index contributed by atoms with van der Waals surface area (Å²) in [4.78, 5) is 28.9. The van der Waals surface area contributed by atoms with E-state index in [1.54, 1.807) is 18.2 Å². The zero-order valence-corrected chi connectivity index (χ0v) is 14.7. The van der Waals surface area contributed by atoms with E-state index < -0.39 is 0 Å². The van der Waals surface area contributed by atoms with Crippen LogP contribution in [0.3, 0.4) is 0 Å². The predicted molar refractivity (Wildman–Crippen MR) is 96.7 cm³/mol. The Morgan fingerprint density at radius 3 is 2.71 bits per heavy atom.